The van der Waals surface area contributed by atoms with Crippen LogP contribution in [0.25, 0.3) is 31.8 Å². The van der Waals surface area contributed by atoms with Crippen LogP contribution in [0.3, 0.4) is 0 Å². The molecule has 0 radical (unpaired) electrons. The molecule has 1 aliphatic heterocycles. The maximum absolute atomic E-state index is 14.1. The molecule has 0 saturated heterocycles. The number of hydrogen-bond donors (Lipinski definition) is 1. The molecule has 14 heteroatoms. The Morgan fingerprint density at radius 1 is 1.00 bits per heavy atom. The van der Waals surface area contributed by atoms with Gasteiger partial charge in [-0.05, 0) is 124 Å². The first kappa shape index (κ1) is 38.9. The summed E-state index contributed by atoms with van der Waals surface area (Å²) in [5, 5.41) is 12.3. The number of esters is 1. The molecule has 5 atom stereocenters. The third-order valence-electron chi connectivity index (χ3n) is 14.6. The molecule has 5 aliphatic rings. The number of para-hydroxylation sites is 1. The summed E-state index contributed by atoms with van der Waals surface area (Å²) in [6.07, 6.45) is 8.11. The van der Waals surface area contributed by atoms with Crippen LogP contribution in [0.15, 0.2) is 65.9 Å². The summed E-state index contributed by atoms with van der Waals surface area (Å²) < 4.78 is 15.9. The van der Waals surface area contributed by atoms with Crippen LogP contribution in [0.4, 0.5) is 10.9 Å². The molecule has 2 bridgehead atoms. The van der Waals surface area contributed by atoms with Gasteiger partial charge in [0.05, 0.1) is 28.6 Å². The fourth-order valence-corrected chi connectivity index (χ4v) is 14.1. The van der Waals surface area contributed by atoms with E-state index in [2.05, 4.69) is 56.7 Å². The summed E-state index contributed by atoms with van der Waals surface area (Å²) in [7, 11) is 0. The van der Waals surface area contributed by atoms with Crippen molar-refractivity contribution in [3.63, 3.8) is 0 Å². The lowest BCUT2D eigenvalue weighted by Gasteiger charge is -2.83. The number of hydrogen-bond acceptors (Lipinski definition) is 10. The van der Waals surface area contributed by atoms with Crippen LogP contribution in [0.5, 0.6) is 0 Å². The normalized spacial score (nSPS) is 28.3. The van der Waals surface area contributed by atoms with Crippen LogP contribution in [0, 0.1) is 28.6 Å². The Labute approximate surface area is 353 Å². The Kier molecular flexibility index (Phi) is 8.65. The summed E-state index contributed by atoms with van der Waals surface area (Å²) in [6.45, 7) is 15.3. The minimum absolute atomic E-state index is 0.0602. The van der Waals surface area contributed by atoms with Crippen molar-refractivity contribution in [1.82, 2.24) is 19.7 Å². The molecule has 2 aromatic carbocycles. The zero-order valence-electron chi connectivity index (χ0n) is 35.2. The van der Waals surface area contributed by atoms with Crippen molar-refractivity contribution in [3.8, 4) is 11.1 Å². The highest BCUT2D eigenvalue weighted by Crippen LogP contribution is 2.96. The highest BCUT2D eigenvalue weighted by molar-refractivity contribution is 7.22. The average Bonchev–Trinajstić information content (AvgIpc) is 3.90. The molecule has 4 aliphatic carbocycles. The molecule has 1 spiro atoms. The van der Waals surface area contributed by atoms with E-state index in [4.69, 9.17) is 25.1 Å². The van der Waals surface area contributed by atoms with Gasteiger partial charge in [0.25, 0.3) is 5.91 Å². The lowest BCUT2D eigenvalue weighted by Crippen LogP contribution is -2.83. The van der Waals surface area contributed by atoms with Crippen molar-refractivity contribution >= 4 is 44.4 Å². The first-order chi connectivity index (χ1) is 28.6. The second-order valence-corrected chi connectivity index (χ2v) is 20.7. The monoisotopic (exact) mass is 825 g/mol. The summed E-state index contributed by atoms with van der Waals surface area (Å²) in [4.78, 5) is 42.6. The molecule has 1 N–H and O–H groups in total. The van der Waals surface area contributed by atoms with Crippen molar-refractivity contribution in [2.24, 2.45) is 26.8 Å². The number of anilines is 2. The molecule has 4 saturated carbocycles. The molecule has 10 rings (SSSR count). The molecule has 13 nitrogen and oxygen atoms in total. The van der Waals surface area contributed by atoms with Gasteiger partial charge in [0.1, 0.15) is 11.4 Å². The van der Waals surface area contributed by atoms with E-state index < -0.39 is 11.6 Å². The first-order valence-electron chi connectivity index (χ1n) is 21.0. The predicted molar refractivity (Wildman–Crippen MR) is 231 cm³/mol. The molecule has 1 amide bonds. The van der Waals surface area contributed by atoms with Crippen molar-refractivity contribution < 1.29 is 19.1 Å². The standard InChI is InChI=1S/C46H51N9O4S/c1-28-32(20-49-55(28)27-44-25-43(6)22-42(5)23-45(26-44,46(43,44)24-42)58-19-17-48-53-47)30-14-15-36(51-37(30)39(57)59-41(2,3)4)54-18-16-29-10-9-11-31(33(29)21-54)38(56)52-40-50-34-12-7-8-13-35(34)60-40/h7-15,20H,16-19,21-27H2,1-6H3,(H,50,52,56). The van der Waals surface area contributed by atoms with Gasteiger partial charge in [-0.3, -0.25) is 14.8 Å². The van der Waals surface area contributed by atoms with Crippen LogP contribution in [-0.2, 0) is 29.0 Å². The summed E-state index contributed by atoms with van der Waals surface area (Å²) >= 11 is 1.45. The number of aromatic nitrogens is 4. The van der Waals surface area contributed by atoms with Crippen LogP contribution in [0.1, 0.15) is 104 Å². The largest absolute Gasteiger partial charge is 0.455 e. The van der Waals surface area contributed by atoms with Crippen molar-refractivity contribution in [1.29, 1.82) is 0 Å². The van der Waals surface area contributed by atoms with Gasteiger partial charge in [-0.15, -0.1) is 0 Å². The molecule has 3 aromatic heterocycles. The molecular formula is C46H51N9O4S. The van der Waals surface area contributed by atoms with Gasteiger partial charge in [0.2, 0.25) is 0 Å². The number of pyridine rings is 1. The van der Waals surface area contributed by atoms with Crippen molar-refractivity contribution in [2.45, 2.75) is 104 Å². The van der Waals surface area contributed by atoms with Crippen molar-refractivity contribution in [3.05, 3.63) is 99.3 Å². The van der Waals surface area contributed by atoms with Gasteiger partial charge in [0.15, 0.2) is 10.8 Å². The van der Waals surface area contributed by atoms with E-state index >= 15 is 0 Å². The second-order valence-electron chi connectivity index (χ2n) is 19.7. The number of thiazole rings is 1. The SMILES string of the molecule is Cc1c(-c2ccc(N3CCc4cccc(C(=O)Nc5nc6ccccc6s5)c4C3)nc2C(=O)OC(C)(C)C)cnn1CC12CC3(C)CC4(C)CC(OCCN=[N+]=[N-])(C1)C32C4. The number of fused-ring (bicyclic) bond motifs is 3. The van der Waals surface area contributed by atoms with Gasteiger partial charge in [-0.2, -0.15) is 5.10 Å². The van der Waals surface area contributed by atoms with E-state index in [-0.39, 0.29) is 38.9 Å². The topological polar surface area (TPSA) is 160 Å². The second kappa shape index (κ2) is 13.3. The Morgan fingerprint density at radius 3 is 2.62 bits per heavy atom. The quantitative estimate of drug-likeness (QED) is 0.0453. The fourth-order valence-electron chi connectivity index (χ4n) is 13.2. The zero-order chi connectivity index (χ0) is 41.9. The fraction of sp³-hybridized carbons (Fsp3) is 0.500. The summed E-state index contributed by atoms with van der Waals surface area (Å²) in [6, 6.07) is 17.7. The number of azide groups is 1. The predicted octanol–water partition coefficient (Wildman–Crippen LogP) is 9.69. The smallest absolute Gasteiger partial charge is 0.358 e. The van der Waals surface area contributed by atoms with E-state index in [0.29, 0.717) is 48.3 Å². The van der Waals surface area contributed by atoms with Crippen LogP contribution < -0.4 is 10.2 Å². The van der Waals surface area contributed by atoms with Gasteiger partial charge < -0.3 is 14.4 Å². The Hall–Kier alpha value is -5.30. The van der Waals surface area contributed by atoms with Crippen LogP contribution in [-0.4, -0.2) is 62.5 Å². The van der Waals surface area contributed by atoms with E-state index in [0.717, 1.165) is 71.2 Å². The highest BCUT2D eigenvalue weighted by atomic mass is 32.1. The molecule has 4 fully saturated rings. The Bertz CT molecular complexity index is 2630. The number of amides is 1. The molecule has 4 heterocycles. The van der Waals surface area contributed by atoms with Crippen LogP contribution >= 0.6 is 11.3 Å². The third-order valence-corrected chi connectivity index (χ3v) is 15.5. The minimum Gasteiger partial charge on any atom is -0.455 e. The molecular weight excluding hydrogens is 775 g/mol. The Balaban J connectivity index is 0.934. The van der Waals surface area contributed by atoms with E-state index in [1.807, 2.05) is 75.5 Å². The highest BCUT2D eigenvalue weighted by Gasteiger charge is 2.93. The lowest BCUT2D eigenvalue weighted by atomic mass is 9.23. The molecule has 5 aromatic rings. The van der Waals surface area contributed by atoms with Crippen molar-refractivity contribution in [2.75, 3.05) is 29.9 Å². The van der Waals surface area contributed by atoms with Gasteiger partial charge >= 0.3 is 5.97 Å². The Morgan fingerprint density at radius 2 is 1.83 bits per heavy atom. The minimum atomic E-state index is -0.729. The van der Waals surface area contributed by atoms with E-state index in [1.165, 1.54) is 17.8 Å². The van der Waals surface area contributed by atoms with Gasteiger partial charge in [-0.25, -0.2) is 14.8 Å². The number of ether oxygens (including phenoxy) is 2. The number of carbonyl (C=O) groups is 2. The first-order valence-corrected chi connectivity index (χ1v) is 21.9. The lowest BCUT2D eigenvalue weighted by molar-refractivity contribution is -0.397. The third kappa shape index (κ3) is 5.74. The number of nitrogens with zero attached hydrogens (tertiary/aromatic N) is 8. The zero-order valence-corrected chi connectivity index (χ0v) is 36.0. The van der Waals surface area contributed by atoms with Gasteiger partial charge in [-0.1, -0.05) is 54.6 Å². The molecule has 60 heavy (non-hydrogen) atoms. The average molecular weight is 826 g/mol. The number of nitrogens with one attached hydrogen (secondary N) is 1. The molecule has 310 valence electrons. The summed E-state index contributed by atoms with van der Waals surface area (Å²) in [5.41, 5.74) is 14.8. The summed E-state index contributed by atoms with van der Waals surface area (Å²) in [5.74, 6) is -0.0610. The number of rotatable bonds is 11. The molecule has 5 unspecified atom stereocenters. The number of benzene rings is 2. The number of carbonyl (C=O) groups excluding carboxylic acids is 2. The van der Waals surface area contributed by atoms with E-state index in [1.54, 1.807) is 0 Å². The maximum Gasteiger partial charge on any atom is 0.358 e. The van der Waals surface area contributed by atoms with Crippen LogP contribution in [0.2, 0.25) is 0 Å². The van der Waals surface area contributed by atoms with Gasteiger partial charge in [0, 0.05) is 64.3 Å². The van der Waals surface area contributed by atoms with E-state index in [9.17, 15) is 9.59 Å². The maximum atomic E-state index is 14.1.